The lowest BCUT2D eigenvalue weighted by molar-refractivity contribution is -0.139. The number of hydrogen-bond acceptors (Lipinski definition) is 4. The zero-order valence-corrected chi connectivity index (χ0v) is 11.7. The van der Waals surface area contributed by atoms with E-state index in [1.54, 1.807) is 31.2 Å². The van der Waals surface area contributed by atoms with Crippen LogP contribution in [0, 0.1) is 0 Å². The smallest absolute Gasteiger partial charge is 0.312 e. The molecule has 0 aliphatic heterocycles. The predicted molar refractivity (Wildman–Crippen MR) is 73.6 cm³/mol. The van der Waals surface area contributed by atoms with Crippen LogP contribution in [0.15, 0.2) is 24.3 Å². The van der Waals surface area contributed by atoms with Crippen molar-refractivity contribution in [1.82, 2.24) is 4.72 Å². The van der Waals surface area contributed by atoms with Crippen molar-refractivity contribution in [2.24, 2.45) is 0 Å². The number of carbonyl (C=O) groups is 2. The Morgan fingerprint density at radius 2 is 1.80 bits per heavy atom. The first-order valence-electron chi connectivity index (χ1n) is 5.90. The number of nitrogens with one attached hydrogen (secondary N) is 2. The number of amides is 1. The number of carboxylic acids is 1. The number of sulfonamides is 1. The maximum Gasteiger partial charge on any atom is 0.312 e. The largest absolute Gasteiger partial charge is 0.481 e. The number of rotatable bonds is 7. The molecule has 0 radical (unpaired) electrons. The number of carbonyl (C=O) groups excluding carboxylic acids is 1. The highest BCUT2D eigenvalue weighted by molar-refractivity contribution is 7.89. The molecule has 7 nitrogen and oxygen atoms in total. The molecule has 8 heteroatoms. The van der Waals surface area contributed by atoms with Gasteiger partial charge in [0.25, 0.3) is 0 Å². The lowest BCUT2D eigenvalue weighted by atomic mass is 10.2. The van der Waals surface area contributed by atoms with Crippen molar-refractivity contribution in [3.8, 4) is 0 Å². The lowest BCUT2D eigenvalue weighted by Crippen LogP contribution is -2.24. The van der Waals surface area contributed by atoms with Gasteiger partial charge >= 0.3 is 5.97 Å². The fourth-order valence-corrected chi connectivity index (χ4v) is 1.93. The highest BCUT2D eigenvalue weighted by Crippen LogP contribution is 2.10. The average Bonchev–Trinajstić information content (AvgIpc) is 2.37. The van der Waals surface area contributed by atoms with Crippen molar-refractivity contribution in [3.63, 3.8) is 0 Å². The molecule has 1 amide bonds. The van der Waals surface area contributed by atoms with Gasteiger partial charge in [0, 0.05) is 12.2 Å². The van der Waals surface area contributed by atoms with E-state index in [2.05, 4.69) is 10.0 Å². The van der Waals surface area contributed by atoms with Crippen LogP contribution in [0.5, 0.6) is 0 Å². The number of anilines is 1. The summed E-state index contributed by atoms with van der Waals surface area (Å²) in [5.74, 6) is -1.80. The van der Waals surface area contributed by atoms with E-state index in [9.17, 15) is 18.0 Å². The van der Waals surface area contributed by atoms with Gasteiger partial charge < -0.3 is 10.4 Å². The summed E-state index contributed by atoms with van der Waals surface area (Å²) >= 11 is 0. The normalized spacial score (nSPS) is 11.1. The molecule has 0 unspecified atom stereocenters. The molecule has 0 aromatic heterocycles. The predicted octanol–water partition coefficient (Wildman–Crippen LogP) is 0.539. The third-order valence-electron chi connectivity index (χ3n) is 2.43. The topological polar surface area (TPSA) is 113 Å². The van der Waals surface area contributed by atoms with Gasteiger partial charge in [-0.25, -0.2) is 13.1 Å². The molecule has 1 aromatic rings. The van der Waals surface area contributed by atoms with E-state index in [1.807, 2.05) is 0 Å². The molecule has 0 saturated carbocycles. The minimum atomic E-state index is -3.25. The second-order valence-corrected chi connectivity index (χ2v) is 6.14. The Morgan fingerprint density at radius 1 is 1.20 bits per heavy atom. The van der Waals surface area contributed by atoms with E-state index in [0.717, 1.165) is 5.56 Å². The summed E-state index contributed by atoms with van der Waals surface area (Å²) < 4.78 is 24.9. The van der Waals surface area contributed by atoms with Crippen LogP contribution < -0.4 is 10.0 Å². The molecule has 0 heterocycles. The maximum absolute atomic E-state index is 11.3. The van der Waals surface area contributed by atoms with Crippen LogP contribution in [-0.2, 0) is 26.2 Å². The van der Waals surface area contributed by atoms with E-state index in [1.165, 1.54) is 0 Å². The van der Waals surface area contributed by atoms with E-state index in [0.29, 0.717) is 5.69 Å². The highest BCUT2D eigenvalue weighted by Gasteiger charge is 2.08. The van der Waals surface area contributed by atoms with Gasteiger partial charge in [-0.05, 0) is 24.6 Å². The second-order valence-electron chi connectivity index (χ2n) is 4.04. The monoisotopic (exact) mass is 300 g/mol. The van der Waals surface area contributed by atoms with Crippen molar-refractivity contribution < 1.29 is 23.1 Å². The molecule has 20 heavy (non-hydrogen) atoms. The number of hydrogen-bond donors (Lipinski definition) is 3. The zero-order chi connectivity index (χ0) is 15.2. The van der Waals surface area contributed by atoms with Crippen LogP contribution >= 0.6 is 0 Å². The van der Waals surface area contributed by atoms with Gasteiger partial charge in [-0.15, -0.1) is 0 Å². The minimum absolute atomic E-state index is 0.0102. The van der Waals surface area contributed by atoms with Crippen molar-refractivity contribution in [2.75, 3.05) is 11.1 Å². The highest BCUT2D eigenvalue weighted by atomic mass is 32.2. The van der Waals surface area contributed by atoms with Crippen LogP contribution in [0.2, 0.25) is 0 Å². The van der Waals surface area contributed by atoms with Crippen LogP contribution in [0.4, 0.5) is 5.69 Å². The quantitative estimate of drug-likeness (QED) is 0.636. The number of aliphatic carboxylic acids is 1. The van der Waals surface area contributed by atoms with Gasteiger partial charge in [-0.1, -0.05) is 12.1 Å². The minimum Gasteiger partial charge on any atom is -0.481 e. The fourth-order valence-electron chi connectivity index (χ4n) is 1.34. The molecule has 110 valence electrons. The Labute approximate surface area is 117 Å². The molecule has 1 rings (SSSR count). The van der Waals surface area contributed by atoms with Gasteiger partial charge in [0.1, 0.15) is 6.42 Å². The van der Waals surface area contributed by atoms with Crippen LogP contribution in [-0.4, -0.2) is 31.2 Å². The molecule has 0 fully saturated rings. The van der Waals surface area contributed by atoms with Crippen LogP contribution in [0.25, 0.3) is 0 Å². The molecule has 0 spiro atoms. The number of benzene rings is 1. The molecular formula is C12H16N2O5S. The molecule has 3 N–H and O–H groups in total. The fraction of sp³-hybridized carbons (Fsp3) is 0.333. The molecule has 1 aromatic carbocycles. The molecule has 0 saturated heterocycles. The average molecular weight is 300 g/mol. The Morgan fingerprint density at radius 3 is 2.30 bits per heavy atom. The van der Waals surface area contributed by atoms with Gasteiger partial charge in [-0.3, -0.25) is 9.59 Å². The molecule has 0 aliphatic carbocycles. The Hall–Kier alpha value is -1.93. The summed E-state index contributed by atoms with van der Waals surface area (Å²) in [5.41, 5.74) is 1.19. The van der Waals surface area contributed by atoms with E-state index in [4.69, 9.17) is 5.11 Å². The van der Waals surface area contributed by atoms with Gasteiger partial charge in [0.2, 0.25) is 15.9 Å². The summed E-state index contributed by atoms with van der Waals surface area (Å²) in [6.07, 6.45) is -0.599. The van der Waals surface area contributed by atoms with E-state index < -0.39 is 28.3 Å². The van der Waals surface area contributed by atoms with Gasteiger partial charge in [0.05, 0.1) is 5.75 Å². The zero-order valence-electron chi connectivity index (χ0n) is 10.9. The molecule has 0 aliphatic rings. The summed E-state index contributed by atoms with van der Waals surface area (Å²) in [7, 11) is -3.25. The van der Waals surface area contributed by atoms with Gasteiger partial charge in [-0.2, -0.15) is 0 Å². The van der Waals surface area contributed by atoms with Gasteiger partial charge in [0.15, 0.2) is 0 Å². The first-order valence-corrected chi connectivity index (χ1v) is 7.55. The summed E-state index contributed by atoms with van der Waals surface area (Å²) in [4.78, 5) is 21.6. The van der Waals surface area contributed by atoms with Crippen molar-refractivity contribution in [2.45, 2.75) is 19.9 Å². The van der Waals surface area contributed by atoms with Crippen molar-refractivity contribution >= 4 is 27.6 Å². The lowest BCUT2D eigenvalue weighted by Gasteiger charge is -2.07. The second kappa shape index (κ2) is 7.01. The van der Waals surface area contributed by atoms with E-state index >= 15 is 0 Å². The van der Waals surface area contributed by atoms with Crippen LogP contribution in [0.3, 0.4) is 0 Å². The van der Waals surface area contributed by atoms with Crippen LogP contribution in [0.1, 0.15) is 18.9 Å². The summed E-state index contributed by atoms with van der Waals surface area (Å²) in [6, 6.07) is 6.45. The third-order valence-corrected chi connectivity index (χ3v) is 3.77. The van der Waals surface area contributed by atoms with Crippen molar-refractivity contribution in [3.05, 3.63) is 29.8 Å². The molecule has 0 atom stereocenters. The SMILES string of the molecule is CCS(=O)(=O)NCc1ccc(NC(=O)CC(=O)O)cc1. The Balaban J connectivity index is 2.56. The summed E-state index contributed by atoms with van der Waals surface area (Å²) in [5, 5.41) is 10.9. The molecular weight excluding hydrogens is 284 g/mol. The van der Waals surface area contributed by atoms with E-state index in [-0.39, 0.29) is 12.3 Å². The number of carboxylic acid groups (broad SMARTS) is 1. The third kappa shape index (κ3) is 5.81. The Kier molecular flexibility index (Phi) is 5.66. The first kappa shape index (κ1) is 16.1. The summed E-state index contributed by atoms with van der Waals surface area (Å²) in [6.45, 7) is 1.71. The van der Waals surface area contributed by atoms with Crippen molar-refractivity contribution in [1.29, 1.82) is 0 Å². The Bertz CT molecular complexity index is 580. The molecule has 0 bridgehead atoms. The maximum atomic E-state index is 11.3. The first-order chi connectivity index (χ1) is 9.32. The standard InChI is InChI=1S/C12H16N2O5S/c1-2-20(18,19)13-8-9-3-5-10(6-4-9)14-11(15)7-12(16)17/h3-6,13H,2,7-8H2,1H3,(H,14,15)(H,16,17).